The number of hydrogen-bond acceptors (Lipinski definition) is 4. The minimum Gasteiger partial charge on any atom is -0.497 e. The maximum absolute atomic E-state index is 5.26. The lowest BCUT2D eigenvalue weighted by atomic mass is 9.99. The lowest BCUT2D eigenvalue weighted by molar-refractivity contribution is 0.414. The van der Waals surface area contributed by atoms with Crippen LogP contribution in [0.25, 0.3) is 0 Å². The molecule has 1 fully saturated rings. The Kier molecular flexibility index (Phi) is 7.60. The van der Waals surface area contributed by atoms with Gasteiger partial charge in [0, 0.05) is 26.7 Å². The van der Waals surface area contributed by atoms with Gasteiger partial charge >= 0.3 is 0 Å². The zero-order chi connectivity index (χ0) is 23.0. The van der Waals surface area contributed by atoms with Crippen molar-refractivity contribution >= 4 is 5.96 Å². The highest BCUT2D eigenvalue weighted by molar-refractivity contribution is 5.80. The van der Waals surface area contributed by atoms with E-state index in [1.54, 1.807) is 7.11 Å². The van der Waals surface area contributed by atoms with Gasteiger partial charge in [0.05, 0.1) is 7.11 Å². The zero-order valence-corrected chi connectivity index (χ0v) is 19.9. The van der Waals surface area contributed by atoms with Gasteiger partial charge in [-0.2, -0.15) is 0 Å². The summed E-state index contributed by atoms with van der Waals surface area (Å²) in [6.07, 6.45) is 3.21. The van der Waals surface area contributed by atoms with Gasteiger partial charge in [-0.1, -0.05) is 42.5 Å². The van der Waals surface area contributed by atoms with Crippen molar-refractivity contribution in [2.24, 2.45) is 18.0 Å². The SMILES string of the molecule is COc1ccc(CCNC(=NCc2nnc(C)n2C)N2CCC(Cc3ccccc3)C2)cc1. The lowest BCUT2D eigenvalue weighted by Gasteiger charge is -2.22. The van der Waals surface area contributed by atoms with Crippen LogP contribution < -0.4 is 10.1 Å². The molecule has 1 N–H and O–H groups in total. The molecule has 1 aliphatic heterocycles. The Morgan fingerprint density at radius 3 is 2.58 bits per heavy atom. The van der Waals surface area contributed by atoms with Crippen LogP contribution in [-0.2, 0) is 26.4 Å². The maximum atomic E-state index is 5.26. The van der Waals surface area contributed by atoms with E-state index in [2.05, 4.69) is 62.9 Å². The van der Waals surface area contributed by atoms with Crippen molar-refractivity contribution < 1.29 is 4.74 Å². The Hall–Kier alpha value is -3.35. The molecule has 1 aromatic heterocycles. The van der Waals surface area contributed by atoms with Crippen molar-refractivity contribution in [2.75, 3.05) is 26.7 Å². The van der Waals surface area contributed by atoms with Gasteiger partial charge in [-0.15, -0.1) is 10.2 Å². The van der Waals surface area contributed by atoms with Gasteiger partial charge in [0.1, 0.15) is 18.1 Å². The molecule has 1 saturated heterocycles. The number of guanidine groups is 1. The molecule has 0 aliphatic carbocycles. The molecule has 0 saturated carbocycles. The molecule has 0 amide bonds. The standard InChI is InChI=1S/C26H34N6O/c1-20-29-30-25(31(20)2)18-28-26(27-15-13-21-9-11-24(33-3)12-10-21)32-16-14-23(19-32)17-22-7-5-4-6-8-22/h4-12,23H,13-19H2,1-3H3,(H,27,28). The minimum absolute atomic E-state index is 0.516. The summed E-state index contributed by atoms with van der Waals surface area (Å²) in [6.45, 7) is 5.33. The van der Waals surface area contributed by atoms with E-state index in [1.807, 2.05) is 30.7 Å². The topological polar surface area (TPSA) is 67.6 Å². The van der Waals surface area contributed by atoms with E-state index in [-0.39, 0.29) is 0 Å². The molecule has 3 aromatic rings. The average Bonchev–Trinajstić information content (AvgIpc) is 3.44. The highest BCUT2D eigenvalue weighted by Crippen LogP contribution is 2.21. The number of likely N-dealkylation sites (tertiary alicyclic amines) is 1. The van der Waals surface area contributed by atoms with Crippen molar-refractivity contribution in [3.8, 4) is 5.75 Å². The first-order chi connectivity index (χ1) is 16.1. The predicted octanol–water partition coefficient (Wildman–Crippen LogP) is 3.39. The van der Waals surface area contributed by atoms with Crippen molar-refractivity contribution in [1.29, 1.82) is 0 Å². The van der Waals surface area contributed by atoms with E-state index >= 15 is 0 Å². The van der Waals surface area contributed by atoms with Crippen LogP contribution in [0.4, 0.5) is 0 Å². The van der Waals surface area contributed by atoms with Gasteiger partial charge in [0.25, 0.3) is 0 Å². The van der Waals surface area contributed by atoms with Gasteiger partial charge in [-0.3, -0.25) is 0 Å². The van der Waals surface area contributed by atoms with E-state index in [9.17, 15) is 0 Å². The Balaban J connectivity index is 1.40. The van der Waals surface area contributed by atoms with Gasteiger partial charge in [-0.05, 0) is 55.4 Å². The van der Waals surface area contributed by atoms with Crippen LogP contribution in [0.1, 0.15) is 29.2 Å². The maximum Gasteiger partial charge on any atom is 0.194 e. The van der Waals surface area contributed by atoms with E-state index in [0.29, 0.717) is 12.5 Å². The third-order valence-corrected chi connectivity index (χ3v) is 6.36. The smallest absolute Gasteiger partial charge is 0.194 e. The molecule has 1 atom stereocenters. The van der Waals surface area contributed by atoms with E-state index in [4.69, 9.17) is 9.73 Å². The number of rotatable bonds is 8. The summed E-state index contributed by atoms with van der Waals surface area (Å²) in [6, 6.07) is 19.0. The molecule has 1 aliphatic rings. The fraction of sp³-hybridized carbons (Fsp3) is 0.423. The Labute approximate surface area is 196 Å². The number of methoxy groups -OCH3 is 1. The number of hydrogen-bond donors (Lipinski definition) is 1. The molecule has 33 heavy (non-hydrogen) atoms. The summed E-state index contributed by atoms with van der Waals surface area (Å²) < 4.78 is 7.26. The van der Waals surface area contributed by atoms with Crippen LogP contribution in [0.15, 0.2) is 59.6 Å². The normalized spacial score (nSPS) is 16.3. The Morgan fingerprint density at radius 1 is 1.09 bits per heavy atom. The van der Waals surface area contributed by atoms with Crippen LogP contribution in [0.2, 0.25) is 0 Å². The monoisotopic (exact) mass is 446 g/mol. The largest absolute Gasteiger partial charge is 0.497 e. The van der Waals surface area contributed by atoms with Crippen LogP contribution >= 0.6 is 0 Å². The molecule has 2 heterocycles. The molecule has 0 radical (unpaired) electrons. The molecule has 1 unspecified atom stereocenters. The first-order valence-corrected chi connectivity index (χ1v) is 11.7. The van der Waals surface area contributed by atoms with Crippen LogP contribution in [-0.4, -0.2) is 52.4 Å². The minimum atomic E-state index is 0.516. The summed E-state index contributed by atoms with van der Waals surface area (Å²) in [5.74, 6) is 4.26. The second kappa shape index (κ2) is 11.0. The highest BCUT2D eigenvalue weighted by Gasteiger charge is 2.25. The quantitative estimate of drug-likeness (QED) is 0.424. The number of nitrogens with zero attached hydrogens (tertiary/aromatic N) is 5. The summed E-state index contributed by atoms with van der Waals surface area (Å²) in [4.78, 5) is 7.33. The second-order valence-electron chi connectivity index (χ2n) is 8.68. The molecular weight excluding hydrogens is 412 g/mol. The second-order valence-corrected chi connectivity index (χ2v) is 8.68. The number of aliphatic imine (C=N–C) groups is 1. The van der Waals surface area contributed by atoms with Gasteiger partial charge in [0.2, 0.25) is 0 Å². The summed E-state index contributed by atoms with van der Waals surface area (Å²) in [5, 5.41) is 12.0. The average molecular weight is 447 g/mol. The van der Waals surface area contributed by atoms with E-state index < -0.39 is 0 Å². The van der Waals surface area contributed by atoms with Crippen LogP contribution in [0, 0.1) is 12.8 Å². The van der Waals surface area contributed by atoms with E-state index in [0.717, 1.165) is 55.8 Å². The lowest BCUT2D eigenvalue weighted by Crippen LogP contribution is -2.41. The van der Waals surface area contributed by atoms with Crippen molar-refractivity contribution in [1.82, 2.24) is 25.0 Å². The van der Waals surface area contributed by atoms with Gasteiger partial charge < -0.3 is 19.5 Å². The molecule has 0 bridgehead atoms. The van der Waals surface area contributed by atoms with Crippen LogP contribution in [0.5, 0.6) is 5.75 Å². The molecule has 0 spiro atoms. The Bertz CT molecular complexity index is 1040. The molecule has 7 heteroatoms. The zero-order valence-electron chi connectivity index (χ0n) is 19.9. The first-order valence-electron chi connectivity index (χ1n) is 11.7. The third kappa shape index (κ3) is 6.12. The van der Waals surface area contributed by atoms with Gasteiger partial charge in [0.15, 0.2) is 11.8 Å². The number of ether oxygens (including phenoxy) is 1. The number of aryl methyl sites for hydroxylation is 1. The van der Waals surface area contributed by atoms with Crippen LogP contribution in [0.3, 0.4) is 0 Å². The van der Waals surface area contributed by atoms with Crippen molar-refractivity contribution in [2.45, 2.75) is 32.7 Å². The summed E-state index contributed by atoms with van der Waals surface area (Å²) in [5.41, 5.74) is 2.68. The predicted molar refractivity (Wildman–Crippen MR) is 131 cm³/mol. The fourth-order valence-electron chi connectivity index (χ4n) is 4.25. The van der Waals surface area contributed by atoms with E-state index in [1.165, 1.54) is 17.5 Å². The third-order valence-electron chi connectivity index (χ3n) is 6.36. The summed E-state index contributed by atoms with van der Waals surface area (Å²) in [7, 11) is 3.68. The number of benzene rings is 2. The Morgan fingerprint density at radius 2 is 1.88 bits per heavy atom. The molecule has 7 nitrogen and oxygen atoms in total. The highest BCUT2D eigenvalue weighted by atomic mass is 16.5. The molecule has 4 rings (SSSR count). The van der Waals surface area contributed by atoms with Gasteiger partial charge in [-0.25, -0.2) is 4.99 Å². The fourth-order valence-corrected chi connectivity index (χ4v) is 4.25. The molecular formula is C26H34N6O. The molecule has 174 valence electrons. The molecule has 2 aromatic carbocycles. The van der Waals surface area contributed by atoms with Crippen molar-refractivity contribution in [3.63, 3.8) is 0 Å². The summed E-state index contributed by atoms with van der Waals surface area (Å²) >= 11 is 0. The first kappa shape index (κ1) is 22.8. The number of nitrogens with one attached hydrogen (secondary N) is 1. The number of aromatic nitrogens is 3. The van der Waals surface area contributed by atoms with Crippen molar-refractivity contribution in [3.05, 3.63) is 77.4 Å².